The molecule has 3 atom stereocenters. The van der Waals surface area contributed by atoms with Crippen LogP contribution < -0.4 is 0 Å². The fraction of sp³-hybridized carbons (Fsp3) is 0.941. The van der Waals surface area contributed by atoms with Crippen LogP contribution in [-0.4, -0.2) is 21.5 Å². The summed E-state index contributed by atoms with van der Waals surface area (Å²) >= 11 is 4.31. The molecule has 0 aromatic carbocycles. The lowest BCUT2D eigenvalue weighted by Crippen LogP contribution is -2.20. The van der Waals surface area contributed by atoms with Crippen molar-refractivity contribution in [2.24, 2.45) is 0 Å². The van der Waals surface area contributed by atoms with E-state index in [1.165, 1.54) is 57.1 Å². The SMILES string of the molecule is [CH2]C(SCCCCCC)C(CC)SC(CC)CCC. The molecule has 0 aromatic heterocycles. The van der Waals surface area contributed by atoms with Crippen molar-refractivity contribution in [3.63, 3.8) is 0 Å². The fourth-order valence-corrected chi connectivity index (χ4v) is 5.19. The highest BCUT2D eigenvalue weighted by Crippen LogP contribution is 2.33. The molecule has 0 aliphatic heterocycles. The van der Waals surface area contributed by atoms with Crippen LogP contribution in [0.25, 0.3) is 0 Å². The first kappa shape index (κ1) is 19.7. The van der Waals surface area contributed by atoms with Crippen LogP contribution in [0.4, 0.5) is 0 Å². The molecule has 19 heavy (non-hydrogen) atoms. The van der Waals surface area contributed by atoms with Crippen molar-refractivity contribution in [3.05, 3.63) is 6.92 Å². The van der Waals surface area contributed by atoms with E-state index in [2.05, 4.69) is 58.1 Å². The highest BCUT2D eigenvalue weighted by molar-refractivity contribution is 8.04. The molecule has 0 nitrogen and oxygen atoms in total. The molecule has 1 radical (unpaired) electrons. The molecular formula is C17H35S2. The first-order valence-corrected chi connectivity index (χ1v) is 10.3. The van der Waals surface area contributed by atoms with Crippen LogP contribution >= 0.6 is 23.5 Å². The van der Waals surface area contributed by atoms with Crippen molar-refractivity contribution in [1.82, 2.24) is 0 Å². The van der Waals surface area contributed by atoms with Gasteiger partial charge in [-0.3, -0.25) is 0 Å². The zero-order valence-corrected chi connectivity index (χ0v) is 15.3. The predicted octanol–water partition coefficient (Wildman–Crippen LogP) is 6.59. The summed E-state index contributed by atoms with van der Waals surface area (Å²) in [5.41, 5.74) is 0. The van der Waals surface area contributed by atoms with Gasteiger partial charge in [-0.25, -0.2) is 0 Å². The minimum Gasteiger partial charge on any atom is -0.157 e. The molecule has 0 amide bonds. The van der Waals surface area contributed by atoms with Crippen LogP contribution in [0.1, 0.15) is 79.1 Å². The summed E-state index contributed by atoms with van der Waals surface area (Å²) in [5, 5.41) is 2.16. The molecule has 0 N–H and O–H groups in total. The van der Waals surface area contributed by atoms with Crippen molar-refractivity contribution < 1.29 is 0 Å². The van der Waals surface area contributed by atoms with Crippen LogP contribution in [0.3, 0.4) is 0 Å². The minimum atomic E-state index is 0.572. The van der Waals surface area contributed by atoms with Crippen molar-refractivity contribution in [2.75, 3.05) is 5.75 Å². The van der Waals surface area contributed by atoms with Crippen molar-refractivity contribution in [2.45, 2.75) is 94.8 Å². The van der Waals surface area contributed by atoms with Gasteiger partial charge < -0.3 is 0 Å². The maximum atomic E-state index is 4.42. The molecule has 0 fully saturated rings. The molecule has 0 saturated carbocycles. The van der Waals surface area contributed by atoms with E-state index in [0.717, 1.165) is 10.5 Å². The molecule has 115 valence electrons. The Labute approximate surface area is 131 Å². The molecule has 0 saturated heterocycles. The molecule has 3 unspecified atom stereocenters. The number of unbranched alkanes of at least 4 members (excludes halogenated alkanes) is 3. The highest BCUT2D eigenvalue weighted by atomic mass is 32.2. The molecule has 0 aliphatic carbocycles. The van der Waals surface area contributed by atoms with E-state index in [1.807, 2.05) is 0 Å². The van der Waals surface area contributed by atoms with E-state index in [4.69, 9.17) is 0 Å². The second kappa shape index (κ2) is 13.7. The van der Waals surface area contributed by atoms with E-state index in [9.17, 15) is 0 Å². The second-order valence-corrected chi connectivity index (χ2v) is 8.26. The van der Waals surface area contributed by atoms with Gasteiger partial charge in [0.15, 0.2) is 0 Å². The number of rotatable bonds is 13. The van der Waals surface area contributed by atoms with Gasteiger partial charge in [0.1, 0.15) is 0 Å². The normalized spacial score (nSPS) is 16.3. The molecule has 2 heteroatoms. The Morgan fingerprint density at radius 2 is 1.63 bits per heavy atom. The summed E-state index contributed by atoms with van der Waals surface area (Å²) in [5.74, 6) is 1.30. The standard InChI is InChI=1S/C17H35S2/c1-6-10-11-12-14-18-15(5)17(9-4)19-16(8-3)13-7-2/h15-17H,5-14H2,1-4H3. The van der Waals surface area contributed by atoms with Crippen molar-refractivity contribution >= 4 is 23.5 Å². The summed E-state index contributed by atoms with van der Waals surface area (Å²) < 4.78 is 0. The fourth-order valence-electron chi connectivity index (χ4n) is 2.26. The van der Waals surface area contributed by atoms with Gasteiger partial charge in [-0.05, 0) is 38.4 Å². The van der Waals surface area contributed by atoms with Gasteiger partial charge in [0, 0.05) is 15.7 Å². The lowest BCUT2D eigenvalue weighted by atomic mass is 10.2. The lowest BCUT2D eigenvalue weighted by molar-refractivity contribution is 0.703. The first-order chi connectivity index (χ1) is 9.19. The first-order valence-electron chi connectivity index (χ1n) is 8.29. The van der Waals surface area contributed by atoms with Gasteiger partial charge in [0.25, 0.3) is 0 Å². The van der Waals surface area contributed by atoms with Crippen molar-refractivity contribution in [3.8, 4) is 0 Å². The Balaban J connectivity index is 3.91. The zero-order valence-electron chi connectivity index (χ0n) is 13.6. The number of thioether (sulfide) groups is 2. The highest BCUT2D eigenvalue weighted by Gasteiger charge is 2.20. The van der Waals surface area contributed by atoms with Gasteiger partial charge in [-0.2, -0.15) is 23.5 Å². The molecule has 0 aromatic rings. The third-order valence-electron chi connectivity index (χ3n) is 3.58. The average Bonchev–Trinajstić information content (AvgIpc) is 2.42. The number of hydrogen-bond acceptors (Lipinski definition) is 2. The maximum Gasteiger partial charge on any atom is 0.0166 e. The molecular weight excluding hydrogens is 268 g/mol. The van der Waals surface area contributed by atoms with Crippen LogP contribution in [0.5, 0.6) is 0 Å². The zero-order chi connectivity index (χ0) is 14.5. The smallest absolute Gasteiger partial charge is 0.0166 e. The molecule has 0 heterocycles. The van der Waals surface area contributed by atoms with Gasteiger partial charge >= 0.3 is 0 Å². The van der Waals surface area contributed by atoms with Crippen LogP contribution in [0.2, 0.25) is 0 Å². The topological polar surface area (TPSA) is 0 Å². The van der Waals surface area contributed by atoms with Crippen LogP contribution in [-0.2, 0) is 0 Å². The van der Waals surface area contributed by atoms with E-state index in [-0.39, 0.29) is 0 Å². The monoisotopic (exact) mass is 303 g/mol. The largest absolute Gasteiger partial charge is 0.157 e. The summed E-state index contributed by atoms with van der Waals surface area (Å²) in [6, 6.07) is 0. The average molecular weight is 304 g/mol. The van der Waals surface area contributed by atoms with Crippen LogP contribution in [0, 0.1) is 6.92 Å². The minimum absolute atomic E-state index is 0.572. The third-order valence-corrected chi connectivity index (χ3v) is 7.00. The molecule has 0 aliphatic rings. The molecule has 0 spiro atoms. The van der Waals surface area contributed by atoms with Gasteiger partial charge in [-0.1, -0.05) is 53.4 Å². The Hall–Kier alpha value is 0.700. The van der Waals surface area contributed by atoms with Crippen molar-refractivity contribution in [1.29, 1.82) is 0 Å². The Morgan fingerprint density at radius 3 is 2.16 bits per heavy atom. The summed E-state index contributed by atoms with van der Waals surface area (Å²) in [6.45, 7) is 13.6. The molecule has 0 rings (SSSR count). The third kappa shape index (κ3) is 10.1. The Morgan fingerprint density at radius 1 is 0.895 bits per heavy atom. The lowest BCUT2D eigenvalue weighted by Gasteiger charge is -2.26. The van der Waals surface area contributed by atoms with Gasteiger partial charge in [-0.15, -0.1) is 0 Å². The predicted molar refractivity (Wildman–Crippen MR) is 96.4 cm³/mol. The molecule has 0 bridgehead atoms. The Bertz CT molecular complexity index is 182. The van der Waals surface area contributed by atoms with Gasteiger partial charge in [0.05, 0.1) is 0 Å². The quantitative estimate of drug-likeness (QED) is 0.352. The Kier molecular flexibility index (Phi) is 14.2. The van der Waals surface area contributed by atoms with E-state index < -0.39 is 0 Å². The maximum absolute atomic E-state index is 4.42. The van der Waals surface area contributed by atoms with Crippen LogP contribution in [0.15, 0.2) is 0 Å². The summed E-state index contributed by atoms with van der Waals surface area (Å²) in [4.78, 5) is 0. The summed E-state index contributed by atoms with van der Waals surface area (Å²) in [7, 11) is 0. The van der Waals surface area contributed by atoms with E-state index in [1.54, 1.807) is 0 Å². The summed E-state index contributed by atoms with van der Waals surface area (Å²) in [6.07, 6.45) is 10.7. The van der Waals surface area contributed by atoms with Gasteiger partial charge in [0.2, 0.25) is 0 Å². The van der Waals surface area contributed by atoms with E-state index in [0.29, 0.717) is 5.25 Å². The van der Waals surface area contributed by atoms with E-state index >= 15 is 0 Å². The second-order valence-electron chi connectivity index (χ2n) is 5.37. The number of hydrogen-bond donors (Lipinski definition) is 0.